The molecule has 11 rings (SSSR count). The molecular formula is C64H39F12N3. The van der Waals surface area contributed by atoms with Crippen LogP contribution in [0.3, 0.4) is 0 Å². The number of alkyl halides is 12. The van der Waals surface area contributed by atoms with Gasteiger partial charge in [-0.15, -0.1) is 0 Å². The number of aryl methyl sites for hydroxylation is 2. The zero-order chi connectivity index (χ0) is 55.8. The fraction of sp³-hybridized carbons (Fsp3) is 0.0938. The lowest BCUT2D eigenvalue weighted by Crippen LogP contribution is -2.11. The van der Waals surface area contributed by atoms with Crippen LogP contribution < -0.4 is 0 Å². The molecule has 0 aliphatic heterocycles. The molecule has 3 nitrogen and oxygen atoms in total. The molecule has 0 aliphatic carbocycles. The molecule has 394 valence electrons. The summed E-state index contributed by atoms with van der Waals surface area (Å²) in [7, 11) is 0. The second-order valence-electron chi connectivity index (χ2n) is 19.2. The van der Waals surface area contributed by atoms with Crippen LogP contribution in [0.15, 0.2) is 200 Å². The highest BCUT2D eigenvalue weighted by molar-refractivity contribution is 6.13. The van der Waals surface area contributed by atoms with Gasteiger partial charge in [0.15, 0.2) is 5.82 Å². The molecule has 0 fully saturated rings. The van der Waals surface area contributed by atoms with Gasteiger partial charge in [-0.1, -0.05) is 121 Å². The Balaban J connectivity index is 1.31. The van der Waals surface area contributed by atoms with Crippen molar-refractivity contribution in [3.63, 3.8) is 0 Å². The van der Waals surface area contributed by atoms with E-state index in [0.717, 1.165) is 36.4 Å². The van der Waals surface area contributed by atoms with Gasteiger partial charge >= 0.3 is 24.7 Å². The number of halogens is 12. The van der Waals surface area contributed by atoms with E-state index in [0.29, 0.717) is 22.5 Å². The molecule has 0 saturated heterocycles. The number of hydrogen-bond acceptors (Lipinski definition) is 2. The molecule has 0 aliphatic rings. The van der Waals surface area contributed by atoms with E-state index in [4.69, 9.17) is 9.97 Å². The highest BCUT2D eigenvalue weighted by atomic mass is 19.4. The summed E-state index contributed by atoms with van der Waals surface area (Å²) in [6, 6.07) is 47.7. The second kappa shape index (κ2) is 19.5. The van der Waals surface area contributed by atoms with Gasteiger partial charge < -0.3 is 4.57 Å². The topological polar surface area (TPSA) is 30.7 Å². The minimum absolute atomic E-state index is 0.0304. The van der Waals surface area contributed by atoms with E-state index in [1.807, 2.05) is 0 Å². The largest absolute Gasteiger partial charge is 0.417 e. The van der Waals surface area contributed by atoms with Crippen LogP contribution in [-0.2, 0) is 24.7 Å². The SMILES string of the molecule is Cc1cc(-c2ccc3c(c2)c2cc(-c4cc(C)cc(C(F)(F)F)c4)ccc2n3-c2c(-c3ccccc3C(F)(F)F)cc(-c3nc(-c4ccccc4)cc(-c4ccccc4)n3)cc2-c2ccccc2C(F)(F)F)cc(C(F)(F)F)c1. The molecule has 9 aromatic carbocycles. The van der Waals surface area contributed by atoms with E-state index in [1.165, 1.54) is 103 Å². The Morgan fingerprint density at radius 1 is 0.316 bits per heavy atom. The Kier molecular flexibility index (Phi) is 12.8. The third-order valence-corrected chi connectivity index (χ3v) is 13.7. The number of fused-ring (bicyclic) bond motifs is 3. The third-order valence-electron chi connectivity index (χ3n) is 13.7. The summed E-state index contributed by atoms with van der Waals surface area (Å²) in [4.78, 5) is 9.86. The Morgan fingerprint density at radius 3 is 1.10 bits per heavy atom. The van der Waals surface area contributed by atoms with Crippen molar-refractivity contribution in [2.75, 3.05) is 0 Å². The summed E-state index contributed by atoms with van der Waals surface area (Å²) in [5.74, 6) is -0.0486. The number of nitrogens with zero attached hydrogens (tertiary/aromatic N) is 3. The number of benzene rings is 9. The van der Waals surface area contributed by atoms with Crippen molar-refractivity contribution in [2.24, 2.45) is 0 Å². The van der Waals surface area contributed by atoms with Gasteiger partial charge in [0, 0.05) is 38.6 Å². The van der Waals surface area contributed by atoms with Crippen molar-refractivity contribution >= 4 is 21.8 Å². The van der Waals surface area contributed by atoms with E-state index in [-0.39, 0.29) is 83.4 Å². The molecule has 2 aromatic heterocycles. The zero-order valence-electron chi connectivity index (χ0n) is 41.4. The molecule has 0 amide bonds. The van der Waals surface area contributed by atoms with Gasteiger partial charge in [0.05, 0.1) is 50.4 Å². The van der Waals surface area contributed by atoms with Crippen molar-refractivity contribution in [3.05, 3.63) is 234 Å². The van der Waals surface area contributed by atoms with Crippen LogP contribution >= 0.6 is 0 Å². The van der Waals surface area contributed by atoms with E-state index in [2.05, 4.69) is 0 Å². The molecule has 11 aromatic rings. The lowest BCUT2D eigenvalue weighted by atomic mass is 9.88. The van der Waals surface area contributed by atoms with Gasteiger partial charge in [-0.3, -0.25) is 0 Å². The highest BCUT2D eigenvalue weighted by Crippen LogP contribution is 2.50. The molecule has 0 N–H and O–H groups in total. The maximum absolute atomic E-state index is 15.6. The van der Waals surface area contributed by atoms with Gasteiger partial charge in [0.1, 0.15) is 0 Å². The quantitative estimate of drug-likeness (QED) is 0.142. The molecular weight excluding hydrogens is 1040 g/mol. The molecule has 2 heterocycles. The molecule has 0 unspecified atom stereocenters. The highest BCUT2D eigenvalue weighted by Gasteiger charge is 2.38. The standard InChI is InChI=1S/C64H39F12N3/c1-36-25-42(29-45(27-36)61(65,66)67)40-21-23-57-49(31-40)50-32-41(43-26-37(2)28-46(30-43)62(68,69)70)22-24-58(50)79(57)59-51(47-17-9-11-19-53(47)63(71,72)73)33-44(34-52(59)48-18-10-12-20-54(48)64(74,75)76)60-77-55(38-13-5-3-6-14-38)35-56(78-60)39-15-7-4-8-16-39/h3-35H,1-2H3. The maximum Gasteiger partial charge on any atom is 0.417 e. The molecule has 0 saturated carbocycles. The number of hydrogen-bond donors (Lipinski definition) is 0. The van der Waals surface area contributed by atoms with Gasteiger partial charge in [0.25, 0.3) is 0 Å². The molecule has 0 bridgehead atoms. The van der Waals surface area contributed by atoms with E-state index >= 15 is 26.3 Å². The normalized spacial score (nSPS) is 12.4. The van der Waals surface area contributed by atoms with Crippen LogP contribution in [0.25, 0.3) is 106 Å². The lowest BCUT2D eigenvalue weighted by Gasteiger charge is -2.24. The predicted molar refractivity (Wildman–Crippen MR) is 284 cm³/mol. The average molecular weight is 1080 g/mol. The van der Waals surface area contributed by atoms with Crippen molar-refractivity contribution in [3.8, 4) is 84.1 Å². The van der Waals surface area contributed by atoms with Crippen LogP contribution in [0, 0.1) is 13.8 Å². The Morgan fingerprint density at radius 2 is 0.709 bits per heavy atom. The monoisotopic (exact) mass is 1080 g/mol. The van der Waals surface area contributed by atoms with Gasteiger partial charge in [-0.05, 0) is 137 Å². The van der Waals surface area contributed by atoms with Crippen molar-refractivity contribution < 1.29 is 52.7 Å². The fourth-order valence-electron chi connectivity index (χ4n) is 10.3. The van der Waals surface area contributed by atoms with Crippen molar-refractivity contribution in [1.82, 2.24) is 14.5 Å². The summed E-state index contributed by atoms with van der Waals surface area (Å²) >= 11 is 0. The number of rotatable bonds is 8. The molecule has 0 atom stereocenters. The molecule has 0 spiro atoms. The lowest BCUT2D eigenvalue weighted by molar-refractivity contribution is -0.138. The van der Waals surface area contributed by atoms with Crippen molar-refractivity contribution in [2.45, 2.75) is 38.6 Å². The van der Waals surface area contributed by atoms with Crippen LogP contribution in [0.1, 0.15) is 33.4 Å². The molecule has 79 heavy (non-hydrogen) atoms. The second-order valence-corrected chi connectivity index (χ2v) is 19.2. The summed E-state index contributed by atoms with van der Waals surface area (Å²) < 4.78 is 181. The summed E-state index contributed by atoms with van der Waals surface area (Å²) in [6.07, 6.45) is -19.5. The Bertz CT molecular complexity index is 3900. The zero-order valence-corrected chi connectivity index (χ0v) is 41.4. The minimum atomic E-state index is -5.03. The first-order valence-electron chi connectivity index (χ1n) is 24.5. The Hall–Kier alpha value is -8.98. The van der Waals surface area contributed by atoms with Crippen LogP contribution in [0.5, 0.6) is 0 Å². The predicted octanol–water partition coefficient (Wildman–Crippen LogP) is 19.9. The van der Waals surface area contributed by atoms with E-state index < -0.39 is 58.1 Å². The molecule has 0 radical (unpaired) electrons. The third kappa shape index (κ3) is 10.1. The van der Waals surface area contributed by atoms with Gasteiger partial charge in [-0.25, -0.2) is 9.97 Å². The van der Waals surface area contributed by atoms with E-state index in [9.17, 15) is 26.3 Å². The Labute approximate surface area is 443 Å². The van der Waals surface area contributed by atoms with Crippen LogP contribution in [0.4, 0.5) is 52.7 Å². The summed E-state index contributed by atoms with van der Waals surface area (Å²) in [5.41, 5.74) is -1.91. The minimum Gasteiger partial charge on any atom is -0.308 e. The first-order valence-corrected chi connectivity index (χ1v) is 24.5. The summed E-state index contributed by atoms with van der Waals surface area (Å²) in [6.45, 7) is 2.98. The van der Waals surface area contributed by atoms with Gasteiger partial charge in [-0.2, -0.15) is 52.7 Å². The fourth-order valence-corrected chi connectivity index (χ4v) is 10.3. The number of aromatic nitrogens is 3. The van der Waals surface area contributed by atoms with E-state index in [1.54, 1.807) is 78.9 Å². The van der Waals surface area contributed by atoms with Crippen LogP contribution in [-0.4, -0.2) is 14.5 Å². The van der Waals surface area contributed by atoms with Crippen molar-refractivity contribution in [1.29, 1.82) is 0 Å². The average Bonchev–Trinajstić information content (AvgIpc) is 3.46. The maximum atomic E-state index is 15.6. The summed E-state index contributed by atoms with van der Waals surface area (Å²) in [5, 5.41) is 0.516. The first kappa shape index (κ1) is 52.1. The molecule has 15 heteroatoms. The van der Waals surface area contributed by atoms with Gasteiger partial charge in [0.2, 0.25) is 0 Å². The van der Waals surface area contributed by atoms with Crippen LogP contribution in [0.2, 0.25) is 0 Å². The first-order chi connectivity index (χ1) is 37.5. The smallest absolute Gasteiger partial charge is 0.308 e.